The van der Waals surface area contributed by atoms with Crippen molar-refractivity contribution >= 4 is 0 Å². The summed E-state index contributed by atoms with van der Waals surface area (Å²) in [7, 11) is 0. The first-order chi connectivity index (χ1) is 57.1. The van der Waals surface area contributed by atoms with Crippen LogP contribution in [0.15, 0.2) is 11.6 Å². The summed E-state index contributed by atoms with van der Waals surface area (Å²) < 4.78 is 0. The van der Waals surface area contributed by atoms with Gasteiger partial charge in [-0.25, -0.2) is 0 Å². The minimum Gasteiger partial charge on any atom is -0.0848 e. The summed E-state index contributed by atoms with van der Waals surface area (Å²) in [5.41, 5.74) is 3.12. The maximum atomic E-state index is 2.67. The topological polar surface area (TPSA) is 0 Å². The first-order valence-electron chi connectivity index (χ1n) is 56.7. The Morgan fingerprint density at radius 3 is 0.883 bits per heavy atom. The van der Waals surface area contributed by atoms with Gasteiger partial charge >= 0.3 is 0 Å². The van der Waals surface area contributed by atoms with Gasteiger partial charge in [-0.15, -0.1) is 0 Å². The van der Waals surface area contributed by atoms with Crippen LogP contribution in [0.2, 0.25) is 0 Å². The Hall–Kier alpha value is -0.260. The Morgan fingerprint density at radius 1 is 0.258 bits per heavy atom. The van der Waals surface area contributed by atoms with Crippen molar-refractivity contribution in [1.82, 2.24) is 0 Å². The Kier molecular flexibility index (Phi) is 72.0. The van der Waals surface area contributed by atoms with Gasteiger partial charge in [0.2, 0.25) is 0 Å². The molecule has 4 rings (SSSR count). The fraction of sp³-hybridized carbons (Fsp3) is 0.983. The molecular weight excluding hydrogens is 1440 g/mol. The first-order valence-corrected chi connectivity index (χ1v) is 56.7. The molecule has 0 amide bonds. The summed E-state index contributed by atoms with van der Waals surface area (Å²) >= 11 is 0. The van der Waals surface area contributed by atoms with Gasteiger partial charge in [0.05, 0.1) is 0 Å². The Bertz CT molecular complexity index is 2180. The van der Waals surface area contributed by atoms with Crippen molar-refractivity contribution in [3.8, 4) is 0 Å². The van der Waals surface area contributed by atoms with Gasteiger partial charge in [-0.3, -0.25) is 0 Å². The van der Waals surface area contributed by atoms with Crippen LogP contribution in [0.1, 0.15) is 611 Å². The molecule has 0 heterocycles. The zero-order chi connectivity index (χ0) is 89.5. The van der Waals surface area contributed by atoms with Gasteiger partial charge in [0, 0.05) is 0 Å². The van der Waals surface area contributed by atoms with Crippen molar-refractivity contribution in [3.63, 3.8) is 0 Å². The molecule has 0 heteroatoms. The van der Waals surface area contributed by atoms with Crippen molar-refractivity contribution in [2.75, 3.05) is 0 Å². The number of allylic oxidation sites excluding steroid dienone is 2. The minimum absolute atomic E-state index is 0.630. The van der Waals surface area contributed by atoms with E-state index in [1.165, 1.54) is 405 Å². The second-order valence-corrected chi connectivity index (χ2v) is 49.5. The zero-order valence-corrected chi connectivity index (χ0v) is 89.3. The number of hydrogen-bond acceptors (Lipinski definition) is 0. The summed E-state index contributed by atoms with van der Waals surface area (Å²) in [6.07, 6.45) is 97.8. The van der Waals surface area contributed by atoms with E-state index in [1.54, 1.807) is 18.4 Å². The third-order valence-corrected chi connectivity index (χ3v) is 33.1. The lowest BCUT2D eigenvalue weighted by molar-refractivity contribution is 0.107. The Balaban J connectivity index is 0.000000800. The van der Waals surface area contributed by atoms with E-state index in [0.717, 1.165) is 136 Å². The van der Waals surface area contributed by atoms with Crippen LogP contribution >= 0.6 is 0 Å². The van der Waals surface area contributed by atoms with Crippen molar-refractivity contribution in [3.05, 3.63) is 11.6 Å². The molecule has 0 aromatic heterocycles. The van der Waals surface area contributed by atoms with Crippen LogP contribution in [0.5, 0.6) is 0 Å². The highest BCUT2D eigenvalue weighted by atomic mass is 14.4. The second kappa shape index (κ2) is 73.4. The van der Waals surface area contributed by atoms with E-state index >= 15 is 0 Å². The van der Waals surface area contributed by atoms with Crippen molar-refractivity contribution in [2.45, 2.75) is 611 Å². The van der Waals surface area contributed by atoms with E-state index in [9.17, 15) is 0 Å². The molecule has 15 atom stereocenters. The molecular formula is C120H238. The number of hydrogen-bond donors (Lipinski definition) is 0. The largest absolute Gasteiger partial charge is 0.0848 e. The van der Waals surface area contributed by atoms with E-state index in [4.69, 9.17) is 0 Å². The maximum absolute atomic E-state index is 2.67. The first kappa shape index (κ1) is 118. The Morgan fingerprint density at radius 2 is 0.550 bits per heavy atom. The summed E-state index contributed by atoms with van der Waals surface area (Å²) in [6, 6.07) is 0. The van der Waals surface area contributed by atoms with E-state index < -0.39 is 0 Å². The molecule has 4 aliphatic rings. The third kappa shape index (κ3) is 66.2. The lowest BCUT2D eigenvalue weighted by Gasteiger charge is -2.41. The molecule has 0 radical (unpaired) electrons. The average molecular weight is 1680 g/mol. The molecule has 120 heavy (non-hydrogen) atoms. The molecule has 0 N–H and O–H groups in total. The SMILES string of the molecule is CC(C)CCCC(C)CCCC1CCC(C(C)CCCC(C)CCCC(C)C)CC1.CC(C)CCCC(C)CCCC1CCCC(C(C)CCCC(C)CCCC(C)C)C1.CCC1(CCCC(C)CCCC(C)C)CC=C(CCCC(C)CCCC(C)C)CC1.CCC1(CCCC(C)CCCC(C)C)CCCC(CCCC(C)CCCC(C)C)C1. The van der Waals surface area contributed by atoms with Gasteiger partial charge < -0.3 is 0 Å². The van der Waals surface area contributed by atoms with Crippen LogP contribution in [0.4, 0.5) is 0 Å². The molecule has 3 fully saturated rings. The van der Waals surface area contributed by atoms with Crippen LogP contribution in [0.25, 0.3) is 0 Å². The van der Waals surface area contributed by atoms with Crippen molar-refractivity contribution < 1.29 is 0 Å². The molecule has 0 spiro atoms. The Labute approximate surface area is 764 Å². The maximum Gasteiger partial charge on any atom is -0.0262 e. The molecule has 0 aromatic carbocycles. The summed E-state index contributed by atoms with van der Waals surface area (Å²) in [6.45, 7) is 67.8. The van der Waals surface area contributed by atoms with Gasteiger partial charge in [0.1, 0.15) is 0 Å². The molecule has 4 aliphatic carbocycles. The molecule has 0 bridgehead atoms. The highest BCUT2D eigenvalue weighted by molar-refractivity contribution is 5.10. The number of rotatable bonds is 68. The fourth-order valence-electron chi connectivity index (χ4n) is 23.4. The minimum atomic E-state index is 0.630. The average Bonchev–Trinajstić information content (AvgIpc) is 0.840. The predicted molar refractivity (Wildman–Crippen MR) is 552 cm³/mol. The second-order valence-electron chi connectivity index (χ2n) is 49.5. The van der Waals surface area contributed by atoms with E-state index in [2.05, 4.69) is 200 Å². The zero-order valence-electron chi connectivity index (χ0n) is 89.3. The van der Waals surface area contributed by atoms with E-state index in [1.807, 2.05) is 0 Å². The quantitative estimate of drug-likeness (QED) is 0.0533. The van der Waals surface area contributed by atoms with Gasteiger partial charge in [0.15, 0.2) is 0 Å². The van der Waals surface area contributed by atoms with Gasteiger partial charge in [-0.2, -0.15) is 0 Å². The lowest BCUT2D eigenvalue weighted by atomic mass is 9.64. The van der Waals surface area contributed by atoms with Crippen molar-refractivity contribution in [1.29, 1.82) is 0 Å². The molecule has 0 aliphatic heterocycles. The van der Waals surface area contributed by atoms with Crippen LogP contribution < -0.4 is 0 Å². The van der Waals surface area contributed by atoms with Gasteiger partial charge in [-0.1, -0.05) is 546 Å². The molecule has 0 aromatic rings. The molecule has 0 saturated heterocycles. The summed E-state index contributed by atoms with van der Waals surface area (Å²) in [4.78, 5) is 0. The highest BCUT2D eigenvalue weighted by Gasteiger charge is 2.35. The molecule has 3 saturated carbocycles. The van der Waals surface area contributed by atoms with Crippen LogP contribution in [0.3, 0.4) is 0 Å². The smallest absolute Gasteiger partial charge is 0.0262 e. The highest BCUT2D eigenvalue weighted by Crippen LogP contribution is 2.49. The summed E-state index contributed by atoms with van der Waals surface area (Å²) in [5.74, 6) is 21.7. The predicted octanol–water partition coefficient (Wildman–Crippen LogP) is 43.0. The fourth-order valence-corrected chi connectivity index (χ4v) is 23.4. The van der Waals surface area contributed by atoms with Crippen molar-refractivity contribution in [2.24, 2.45) is 147 Å². The monoisotopic (exact) mass is 1680 g/mol. The van der Waals surface area contributed by atoms with E-state index in [-0.39, 0.29) is 0 Å². The standard InChI is InChI=1S/3C30H60.C30H58/c1-24(2)13-8-15-26(5)17-10-19-28(7)30-22-12-21-29(23-30)20-11-18-27(6)16-9-14-25(3)4;1-24(2)12-8-14-26(5)16-10-18-28(7)30-22-20-29(21-23-30)19-11-17-27(6)15-9-13-25(3)4;1-8-30(22-12-19-28(7)17-10-15-26(4)5)23-13-21-29(24-30)20-11-18-27(6)16-9-14-25(2)3;1-8-30(22-12-18-28(7)16-10-14-26(4)5)23-20-29(21-24-30)19-11-17-27(6)15-9-13-25(2)3/h2*24-30H,8-23H2,1-7H3;25-29H,8-24H2,1-7H3;20,25-28H,8-19,21-24H2,1-7H3. The van der Waals surface area contributed by atoms with Gasteiger partial charge in [0.25, 0.3) is 0 Å². The molecule has 15 unspecified atom stereocenters. The van der Waals surface area contributed by atoms with Gasteiger partial charge in [-0.05, 0) is 224 Å². The van der Waals surface area contributed by atoms with Crippen LogP contribution in [-0.2, 0) is 0 Å². The third-order valence-electron chi connectivity index (χ3n) is 33.1. The lowest BCUT2D eigenvalue weighted by Crippen LogP contribution is -2.28. The van der Waals surface area contributed by atoms with Crippen LogP contribution in [-0.4, -0.2) is 0 Å². The van der Waals surface area contributed by atoms with Crippen LogP contribution in [0, 0.1) is 147 Å². The molecule has 0 nitrogen and oxygen atoms in total. The summed E-state index contributed by atoms with van der Waals surface area (Å²) in [5, 5.41) is 0. The van der Waals surface area contributed by atoms with E-state index in [0.29, 0.717) is 10.8 Å². The molecule has 718 valence electrons. The normalized spacial score (nSPS) is 23.1.